The van der Waals surface area contributed by atoms with Crippen molar-refractivity contribution in [3.8, 4) is 0 Å². The van der Waals surface area contributed by atoms with Crippen LogP contribution in [0.3, 0.4) is 0 Å². The highest BCUT2D eigenvalue weighted by molar-refractivity contribution is 5.70. The largest absolute Gasteiger partial charge is 0.481 e. The Balaban J connectivity index is 1.80. The molecule has 0 aromatic heterocycles. The number of carboxylic acids is 1. The summed E-state index contributed by atoms with van der Waals surface area (Å²) in [5.41, 5.74) is 2.07. The molecule has 0 spiro atoms. The van der Waals surface area contributed by atoms with Gasteiger partial charge in [-0.25, -0.2) is 0 Å². The summed E-state index contributed by atoms with van der Waals surface area (Å²) in [7, 11) is 0. The summed E-state index contributed by atoms with van der Waals surface area (Å²) in [6.07, 6.45) is 4.00. The van der Waals surface area contributed by atoms with E-state index in [1.54, 1.807) is 0 Å². The molecule has 1 aromatic rings. The summed E-state index contributed by atoms with van der Waals surface area (Å²) in [4.78, 5) is 11.2. The fourth-order valence-corrected chi connectivity index (χ4v) is 2.94. The van der Waals surface area contributed by atoms with Gasteiger partial charge in [-0.1, -0.05) is 37.1 Å². The molecule has 4 heteroatoms. The smallest absolute Gasteiger partial charge is 0.306 e. The van der Waals surface area contributed by atoms with E-state index in [9.17, 15) is 9.90 Å². The highest BCUT2D eigenvalue weighted by atomic mass is 16.4. The molecule has 1 fully saturated rings. The highest BCUT2D eigenvalue weighted by Crippen LogP contribution is 2.29. The van der Waals surface area contributed by atoms with E-state index in [0.717, 1.165) is 49.9 Å². The number of aliphatic carboxylic acids is 1. The number of aliphatic hydroxyl groups excluding tert-OH is 1. The van der Waals surface area contributed by atoms with Gasteiger partial charge in [0.2, 0.25) is 0 Å². The monoisotopic (exact) mass is 277 g/mol. The zero-order valence-corrected chi connectivity index (χ0v) is 11.7. The van der Waals surface area contributed by atoms with Gasteiger partial charge in [-0.05, 0) is 36.4 Å². The van der Waals surface area contributed by atoms with Crippen molar-refractivity contribution < 1.29 is 15.0 Å². The molecule has 1 aliphatic rings. The summed E-state index contributed by atoms with van der Waals surface area (Å²) >= 11 is 0. The third-order valence-electron chi connectivity index (χ3n) is 4.17. The van der Waals surface area contributed by atoms with Crippen LogP contribution in [0.25, 0.3) is 0 Å². The number of carboxylic acid groups (broad SMARTS) is 1. The second kappa shape index (κ2) is 7.41. The van der Waals surface area contributed by atoms with E-state index in [1.807, 2.05) is 24.3 Å². The Labute approximate surface area is 119 Å². The summed E-state index contributed by atoms with van der Waals surface area (Å²) in [5.74, 6) is -0.588. The van der Waals surface area contributed by atoms with Gasteiger partial charge in [-0.2, -0.15) is 0 Å². The van der Waals surface area contributed by atoms with Crippen LogP contribution < -0.4 is 5.32 Å². The minimum absolute atomic E-state index is 0.0655. The van der Waals surface area contributed by atoms with Gasteiger partial charge >= 0.3 is 5.97 Å². The minimum atomic E-state index is -0.649. The van der Waals surface area contributed by atoms with Gasteiger partial charge in [0.1, 0.15) is 0 Å². The zero-order valence-electron chi connectivity index (χ0n) is 11.7. The zero-order chi connectivity index (χ0) is 14.4. The standard InChI is InChI=1S/C16H23NO3/c18-11-13-7-5-12(6-8-13)9-17-10-14-3-1-2-4-15(14)16(19)20/h5-8,14-15,17-18H,1-4,9-11H2,(H,19,20). The molecule has 4 nitrogen and oxygen atoms in total. The quantitative estimate of drug-likeness (QED) is 0.745. The number of hydrogen-bond acceptors (Lipinski definition) is 3. The molecule has 2 unspecified atom stereocenters. The Hall–Kier alpha value is -1.39. The lowest BCUT2D eigenvalue weighted by Gasteiger charge is -2.28. The van der Waals surface area contributed by atoms with Gasteiger partial charge < -0.3 is 15.5 Å². The Kier molecular flexibility index (Phi) is 5.56. The maximum Gasteiger partial charge on any atom is 0.306 e. The van der Waals surface area contributed by atoms with Crippen molar-refractivity contribution in [3.05, 3.63) is 35.4 Å². The Morgan fingerprint density at radius 3 is 2.45 bits per heavy atom. The molecule has 3 N–H and O–H groups in total. The van der Waals surface area contributed by atoms with Crippen molar-refractivity contribution in [2.24, 2.45) is 11.8 Å². The van der Waals surface area contributed by atoms with Gasteiger partial charge in [-0.3, -0.25) is 4.79 Å². The minimum Gasteiger partial charge on any atom is -0.481 e. The predicted molar refractivity (Wildman–Crippen MR) is 77.2 cm³/mol. The summed E-state index contributed by atoms with van der Waals surface area (Å²) < 4.78 is 0. The van der Waals surface area contributed by atoms with Gasteiger partial charge in [-0.15, -0.1) is 0 Å². The second-order valence-corrected chi connectivity index (χ2v) is 5.59. The molecule has 1 aliphatic carbocycles. The molecule has 0 bridgehead atoms. The molecule has 2 atom stereocenters. The topological polar surface area (TPSA) is 69.6 Å². The fraction of sp³-hybridized carbons (Fsp3) is 0.562. The molecule has 2 rings (SSSR count). The van der Waals surface area contributed by atoms with Crippen LogP contribution in [-0.4, -0.2) is 22.7 Å². The average molecular weight is 277 g/mol. The van der Waals surface area contributed by atoms with Crippen LogP contribution in [0.2, 0.25) is 0 Å². The van der Waals surface area contributed by atoms with Crippen LogP contribution in [0.1, 0.15) is 36.8 Å². The van der Waals surface area contributed by atoms with Crippen LogP contribution in [0.15, 0.2) is 24.3 Å². The normalized spacial score (nSPS) is 22.6. The first kappa shape index (κ1) is 15.0. The van der Waals surface area contributed by atoms with Crippen molar-refractivity contribution in [1.82, 2.24) is 5.32 Å². The van der Waals surface area contributed by atoms with Gasteiger partial charge in [0.15, 0.2) is 0 Å². The van der Waals surface area contributed by atoms with Crippen LogP contribution in [0.5, 0.6) is 0 Å². The maximum absolute atomic E-state index is 11.2. The van der Waals surface area contributed by atoms with Gasteiger partial charge in [0.25, 0.3) is 0 Å². The van der Waals surface area contributed by atoms with Crippen LogP contribution >= 0.6 is 0 Å². The van der Waals surface area contributed by atoms with E-state index >= 15 is 0 Å². The Morgan fingerprint density at radius 1 is 1.15 bits per heavy atom. The first-order chi connectivity index (χ1) is 9.70. The highest BCUT2D eigenvalue weighted by Gasteiger charge is 2.30. The number of benzene rings is 1. The van der Waals surface area contributed by atoms with Crippen molar-refractivity contribution >= 4 is 5.97 Å². The first-order valence-electron chi connectivity index (χ1n) is 7.33. The van der Waals surface area contributed by atoms with E-state index in [4.69, 9.17) is 5.11 Å². The lowest BCUT2D eigenvalue weighted by molar-refractivity contribution is -0.144. The lowest BCUT2D eigenvalue weighted by Crippen LogP contribution is -2.34. The van der Waals surface area contributed by atoms with E-state index < -0.39 is 5.97 Å². The summed E-state index contributed by atoms with van der Waals surface area (Å²) in [6, 6.07) is 7.82. The third-order valence-corrected chi connectivity index (χ3v) is 4.17. The Bertz CT molecular complexity index is 430. The van der Waals surface area contributed by atoms with Gasteiger partial charge in [0, 0.05) is 6.54 Å². The van der Waals surface area contributed by atoms with Crippen molar-refractivity contribution in [3.63, 3.8) is 0 Å². The number of nitrogens with one attached hydrogen (secondary N) is 1. The lowest BCUT2D eigenvalue weighted by atomic mass is 9.79. The summed E-state index contributed by atoms with van der Waals surface area (Å²) in [6.45, 7) is 1.57. The number of rotatable bonds is 6. The maximum atomic E-state index is 11.2. The molecule has 20 heavy (non-hydrogen) atoms. The third kappa shape index (κ3) is 4.05. The molecule has 0 heterocycles. The van der Waals surface area contributed by atoms with E-state index in [1.165, 1.54) is 0 Å². The summed E-state index contributed by atoms with van der Waals surface area (Å²) in [5, 5.41) is 21.6. The first-order valence-corrected chi connectivity index (χ1v) is 7.33. The van der Waals surface area contributed by atoms with Crippen molar-refractivity contribution in [2.75, 3.05) is 6.54 Å². The van der Waals surface area contributed by atoms with Crippen molar-refractivity contribution in [2.45, 2.75) is 38.8 Å². The molecular weight excluding hydrogens is 254 g/mol. The fourth-order valence-electron chi connectivity index (χ4n) is 2.94. The molecule has 110 valence electrons. The molecular formula is C16H23NO3. The average Bonchev–Trinajstić information content (AvgIpc) is 2.48. The van der Waals surface area contributed by atoms with Gasteiger partial charge in [0.05, 0.1) is 12.5 Å². The molecule has 1 saturated carbocycles. The van der Waals surface area contributed by atoms with Crippen LogP contribution in [0.4, 0.5) is 0 Å². The SMILES string of the molecule is O=C(O)C1CCCCC1CNCc1ccc(CO)cc1. The van der Waals surface area contributed by atoms with E-state index in [0.29, 0.717) is 0 Å². The molecule has 0 aliphatic heterocycles. The Morgan fingerprint density at radius 2 is 1.80 bits per heavy atom. The van der Waals surface area contributed by atoms with Crippen molar-refractivity contribution in [1.29, 1.82) is 0 Å². The predicted octanol–water partition coefficient (Wildman–Crippen LogP) is 2.16. The molecule has 0 radical (unpaired) electrons. The molecule has 0 amide bonds. The number of carbonyl (C=O) groups is 1. The van der Waals surface area contributed by atoms with Crippen LogP contribution in [0, 0.1) is 11.8 Å². The number of hydrogen-bond donors (Lipinski definition) is 3. The van der Waals surface area contributed by atoms with Crippen LogP contribution in [-0.2, 0) is 17.9 Å². The van der Waals surface area contributed by atoms with E-state index in [2.05, 4.69) is 5.32 Å². The number of aliphatic hydroxyl groups is 1. The van der Waals surface area contributed by atoms with E-state index in [-0.39, 0.29) is 18.4 Å². The molecule has 1 aromatic carbocycles. The second-order valence-electron chi connectivity index (χ2n) is 5.59. The molecule has 0 saturated heterocycles.